The van der Waals surface area contributed by atoms with Crippen LogP contribution in [0.3, 0.4) is 0 Å². The van der Waals surface area contributed by atoms with Gasteiger partial charge >= 0.3 is 0 Å². The zero-order valence-electron chi connectivity index (χ0n) is 12.1. The first-order chi connectivity index (χ1) is 10.1. The van der Waals surface area contributed by atoms with Gasteiger partial charge in [-0.05, 0) is 33.6 Å². The van der Waals surface area contributed by atoms with Crippen molar-refractivity contribution < 1.29 is 9.84 Å². The number of hydrogen-bond acceptors (Lipinski definition) is 3. The third kappa shape index (κ3) is 5.25. The Bertz CT molecular complexity index is 596. The van der Waals surface area contributed by atoms with E-state index >= 15 is 0 Å². The standard InChI is InChI=1S/C16H17Br2NO2.ClH/c1-21-16-12(7-13(17)8-14(16)18)9-19-10-15(20)11-5-3-2-4-6-11;/h2-8,15,19-20H,9-10H2,1H3;1H. The van der Waals surface area contributed by atoms with Crippen molar-refractivity contribution in [1.82, 2.24) is 5.32 Å². The second-order valence-electron chi connectivity index (χ2n) is 4.64. The fourth-order valence-corrected chi connectivity index (χ4v) is 3.59. The number of hydrogen-bond donors (Lipinski definition) is 2. The maximum atomic E-state index is 10.1. The van der Waals surface area contributed by atoms with E-state index in [9.17, 15) is 5.11 Å². The number of aliphatic hydroxyl groups is 1. The van der Waals surface area contributed by atoms with Gasteiger partial charge in [-0.3, -0.25) is 0 Å². The van der Waals surface area contributed by atoms with E-state index in [2.05, 4.69) is 37.2 Å². The predicted octanol–water partition coefficient (Wildman–Crippen LogP) is 4.47. The molecule has 0 aliphatic rings. The van der Waals surface area contributed by atoms with Crippen LogP contribution in [0.15, 0.2) is 51.4 Å². The van der Waals surface area contributed by atoms with Gasteiger partial charge in [-0.1, -0.05) is 46.3 Å². The van der Waals surface area contributed by atoms with Gasteiger partial charge in [0, 0.05) is 23.1 Å². The number of methoxy groups -OCH3 is 1. The summed E-state index contributed by atoms with van der Waals surface area (Å²) in [5, 5.41) is 13.4. The van der Waals surface area contributed by atoms with E-state index in [1.54, 1.807) is 7.11 Å². The number of nitrogens with one attached hydrogen (secondary N) is 1. The van der Waals surface area contributed by atoms with E-state index in [0.29, 0.717) is 13.1 Å². The molecule has 2 aromatic rings. The molecule has 6 heteroatoms. The third-order valence-electron chi connectivity index (χ3n) is 3.13. The maximum absolute atomic E-state index is 10.1. The van der Waals surface area contributed by atoms with Crippen LogP contribution in [0.1, 0.15) is 17.2 Å². The van der Waals surface area contributed by atoms with Crippen molar-refractivity contribution >= 4 is 44.3 Å². The second-order valence-corrected chi connectivity index (χ2v) is 6.41. The van der Waals surface area contributed by atoms with Crippen molar-refractivity contribution in [2.24, 2.45) is 0 Å². The maximum Gasteiger partial charge on any atom is 0.137 e. The smallest absolute Gasteiger partial charge is 0.137 e. The largest absolute Gasteiger partial charge is 0.495 e. The fraction of sp³-hybridized carbons (Fsp3) is 0.250. The van der Waals surface area contributed by atoms with Crippen LogP contribution in [0.4, 0.5) is 0 Å². The number of benzene rings is 2. The summed E-state index contributed by atoms with van der Waals surface area (Å²) < 4.78 is 7.29. The summed E-state index contributed by atoms with van der Waals surface area (Å²) in [6.45, 7) is 1.10. The van der Waals surface area contributed by atoms with Crippen molar-refractivity contribution in [1.29, 1.82) is 0 Å². The summed E-state index contributed by atoms with van der Waals surface area (Å²) in [6.07, 6.45) is -0.521. The lowest BCUT2D eigenvalue weighted by molar-refractivity contribution is 0.174. The Labute approximate surface area is 153 Å². The summed E-state index contributed by atoms with van der Waals surface area (Å²) in [5.41, 5.74) is 1.94. The average molecular weight is 452 g/mol. The zero-order valence-corrected chi connectivity index (χ0v) is 16.0. The number of rotatable bonds is 6. The molecule has 0 aliphatic heterocycles. The van der Waals surface area contributed by atoms with E-state index in [4.69, 9.17) is 4.74 Å². The Morgan fingerprint density at radius 1 is 1.18 bits per heavy atom. The molecule has 2 N–H and O–H groups in total. The van der Waals surface area contributed by atoms with Gasteiger partial charge in [0.15, 0.2) is 0 Å². The molecule has 1 atom stereocenters. The van der Waals surface area contributed by atoms with Gasteiger partial charge in [0.2, 0.25) is 0 Å². The molecular weight excluding hydrogens is 433 g/mol. The third-order valence-corrected chi connectivity index (χ3v) is 4.17. The lowest BCUT2D eigenvalue weighted by atomic mass is 10.1. The SMILES string of the molecule is COc1c(Br)cc(Br)cc1CNCC(O)c1ccccc1.Cl. The molecule has 1 unspecified atom stereocenters. The van der Waals surface area contributed by atoms with Gasteiger partial charge in [-0.2, -0.15) is 0 Å². The first-order valence-corrected chi connectivity index (χ1v) is 8.16. The van der Waals surface area contributed by atoms with Crippen LogP contribution in [0.5, 0.6) is 5.75 Å². The summed E-state index contributed by atoms with van der Waals surface area (Å²) in [4.78, 5) is 0. The summed E-state index contributed by atoms with van der Waals surface area (Å²) >= 11 is 6.95. The summed E-state index contributed by atoms with van der Waals surface area (Å²) in [6, 6.07) is 13.6. The molecule has 0 fully saturated rings. The van der Waals surface area contributed by atoms with Crippen LogP contribution in [-0.2, 0) is 6.54 Å². The molecule has 0 spiro atoms. The molecular formula is C16H18Br2ClNO2. The normalized spacial score (nSPS) is 11.6. The first kappa shape index (κ1) is 19.5. The molecule has 2 aromatic carbocycles. The lowest BCUT2D eigenvalue weighted by Gasteiger charge is -2.15. The van der Waals surface area contributed by atoms with E-state index < -0.39 is 6.10 Å². The lowest BCUT2D eigenvalue weighted by Crippen LogP contribution is -2.21. The number of aliphatic hydroxyl groups excluding tert-OH is 1. The molecule has 22 heavy (non-hydrogen) atoms. The monoisotopic (exact) mass is 449 g/mol. The molecule has 120 valence electrons. The van der Waals surface area contributed by atoms with Crippen molar-refractivity contribution in [3.05, 3.63) is 62.5 Å². The molecule has 0 saturated carbocycles. The highest BCUT2D eigenvalue weighted by molar-refractivity contribution is 9.11. The zero-order chi connectivity index (χ0) is 15.2. The van der Waals surface area contributed by atoms with Gasteiger partial charge in [0.25, 0.3) is 0 Å². The Balaban J connectivity index is 0.00000242. The highest BCUT2D eigenvalue weighted by Gasteiger charge is 2.11. The second kappa shape index (κ2) is 9.53. The van der Waals surface area contributed by atoms with Crippen molar-refractivity contribution in [2.75, 3.05) is 13.7 Å². The first-order valence-electron chi connectivity index (χ1n) is 6.57. The van der Waals surface area contributed by atoms with E-state index in [0.717, 1.165) is 25.8 Å². The van der Waals surface area contributed by atoms with Crippen LogP contribution in [0.25, 0.3) is 0 Å². The van der Waals surface area contributed by atoms with Crippen molar-refractivity contribution in [3.63, 3.8) is 0 Å². The number of halogens is 3. The quantitative estimate of drug-likeness (QED) is 0.681. The molecule has 0 radical (unpaired) electrons. The Kier molecular flexibility index (Phi) is 8.43. The number of ether oxygens (including phenoxy) is 1. The summed E-state index contributed by atoms with van der Waals surface area (Å²) in [5.74, 6) is 0.805. The average Bonchev–Trinajstić information content (AvgIpc) is 2.47. The highest BCUT2D eigenvalue weighted by atomic mass is 79.9. The van der Waals surface area contributed by atoms with E-state index in [1.165, 1.54) is 0 Å². The van der Waals surface area contributed by atoms with Gasteiger partial charge in [-0.25, -0.2) is 0 Å². The summed E-state index contributed by atoms with van der Waals surface area (Å²) in [7, 11) is 1.65. The van der Waals surface area contributed by atoms with Gasteiger partial charge in [0.1, 0.15) is 5.75 Å². The molecule has 3 nitrogen and oxygen atoms in total. The minimum Gasteiger partial charge on any atom is -0.495 e. The van der Waals surface area contributed by atoms with Crippen LogP contribution in [-0.4, -0.2) is 18.8 Å². The molecule has 2 rings (SSSR count). The van der Waals surface area contributed by atoms with Gasteiger partial charge < -0.3 is 15.2 Å². The molecule has 0 heterocycles. The fourth-order valence-electron chi connectivity index (χ4n) is 2.11. The molecule has 0 saturated heterocycles. The Morgan fingerprint density at radius 3 is 2.50 bits per heavy atom. The molecule has 0 aliphatic carbocycles. The van der Waals surface area contributed by atoms with Crippen LogP contribution in [0.2, 0.25) is 0 Å². The van der Waals surface area contributed by atoms with Crippen molar-refractivity contribution in [3.8, 4) is 5.75 Å². The minimum atomic E-state index is -0.521. The van der Waals surface area contributed by atoms with Crippen LogP contribution in [0, 0.1) is 0 Å². The van der Waals surface area contributed by atoms with Crippen molar-refractivity contribution in [2.45, 2.75) is 12.6 Å². The topological polar surface area (TPSA) is 41.5 Å². The van der Waals surface area contributed by atoms with Gasteiger partial charge in [-0.15, -0.1) is 12.4 Å². The van der Waals surface area contributed by atoms with Gasteiger partial charge in [0.05, 0.1) is 17.7 Å². The minimum absolute atomic E-state index is 0. The highest BCUT2D eigenvalue weighted by Crippen LogP contribution is 2.32. The predicted molar refractivity (Wildman–Crippen MR) is 98.8 cm³/mol. The molecule has 0 aromatic heterocycles. The van der Waals surface area contributed by atoms with Crippen LogP contribution < -0.4 is 10.1 Å². The van der Waals surface area contributed by atoms with Crippen LogP contribution >= 0.6 is 44.3 Å². The Hall–Kier alpha value is -0.590. The van der Waals surface area contributed by atoms with E-state index in [-0.39, 0.29) is 12.4 Å². The molecule has 0 bridgehead atoms. The Morgan fingerprint density at radius 2 is 1.86 bits per heavy atom. The molecule has 0 amide bonds. The van der Waals surface area contributed by atoms with E-state index in [1.807, 2.05) is 42.5 Å².